The van der Waals surface area contributed by atoms with Crippen molar-refractivity contribution in [2.75, 3.05) is 0 Å². The molecule has 0 saturated heterocycles. The van der Waals surface area contributed by atoms with E-state index in [0.29, 0.717) is 15.4 Å². The maximum absolute atomic E-state index is 13.1. The van der Waals surface area contributed by atoms with E-state index in [0.717, 1.165) is 0 Å². The Hall–Kier alpha value is -1.68. The third kappa shape index (κ3) is 2.96. The summed E-state index contributed by atoms with van der Waals surface area (Å²) in [6.07, 6.45) is 0. The average molecular weight is 264 g/mol. The van der Waals surface area contributed by atoms with E-state index in [1.54, 1.807) is 12.1 Å². The van der Waals surface area contributed by atoms with Crippen molar-refractivity contribution in [1.82, 2.24) is 0 Å². The number of ketones is 1. The molecular formula is C14H10F2OS. The fourth-order valence-electron chi connectivity index (χ4n) is 1.52. The highest BCUT2D eigenvalue weighted by Gasteiger charge is 2.10. The van der Waals surface area contributed by atoms with Gasteiger partial charge in [-0.2, -0.15) is 0 Å². The summed E-state index contributed by atoms with van der Waals surface area (Å²) in [5.74, 6) is -1.01. The molecular weight excluding hydrogens is 254 g/mol. The smallest absolute Gasteiger partial charge is 0.161 e. The number of hydrogen-bond donors (Lipinski definition) is 0. The quantitative estimate of drug-likeness (QED) is 0.768. The van der Waals surface area contributed by atoms with E-state index in [9.17, 15) is 13.6 Å². The van der Waals surface area contributed by atoms with Crippen molar-refractivity contribution in [2.45, 2.75) is 16.7 Å². The molecule has 0 atom stereocenters. The highest BCUT2D eigenvalue weighted by molar-refractivity contribution is 7.99. The number of carbonyl (C=O) groups is 1. The van der Waals surface area contributed by atoms with E-state index in [-0.39, 0.29) is 11.6 Å². The van der Waals surface area contributed by atoms with Crippen molar-refractivity contribution in [3.8, 4) is 0 Å². The Morgan fingerprint density at radius 3 is 2.44 bits per heavy atom. The summed E-state index contributed by atoms with van der Waals surface area (Å²) in [4.78, 5) is 12.7. The van der Waals surface area contributed by atoms with Gasteiger partial charge in [0, 0.05) is 15.4 Å². The molecule has 0 heterocycles. The predicted molar refractivity (Wildman–Crippen MR) is 66.9 cm³/mol. The molecule has 0 aromatic heterocycles. The minimum Gasteiger partial charge on any atom is -0.294 e. The summed E-state index contributed by atoms with van der Waals surface area (Å²) in [7, 11) is 0. The van der Waals surface area contributed by atoms with Gasteiger partial charge in [0.2, 0.25) is 0 Å². The van der Waals surface area contributed by atoms with Crippen LogP contribution in [0.1, 0.15) is 17.3 Å². The van der Waals surface area contributed by atoms with Crippen LogP contribution in [0.4, 0.5) is 8.78 Å². The van der Waals surface area contributed by atoms with Gasteiger partial charge >= 0.3 is 0 Å². The highest BCUT2D eigenvalue weighted by Crippen LogP contribution is 2.31. The van der Waals surface area contributed by atoms with Crippen molar-refractivity contribution in [2.24, 2.45) is 0 Å². The predicted octanol–water partition coefficient (Wildman–Crippen LogP) is 4.32. The fourth-order valence-corrected chi connectivity index (χ4v) is 2.54. The van der Waals surface area contributed by atoms with Gasteiger partial charge in [0.25, 0.3) is 0 Å². The molecule has 0 aliphatic rings. The first-order valence-corrected chi connectivity index (χ1v) is 6.12. The van der Waals surface area contributed by atoms with Crippen LogP contribution in [-0.2, 0) is 0 Å². The fraction of sp³-hybridized carbons (Fsp3) is 0.0714. The lowest BCUT2D eigenvalue weighted by atomic mass is 10.1. The lowest BCUT2D eigenvalue weighted by Gasteiger charge is -2.06. The number of halogens is 2. The van der Waals surface area contributed by atoms with Gasteiger partial charge in [-0.1, -0.05) is 17.8 Å². The van der Waals surface area contributed by atoms with E-state index in [1.807, 2.05) is 0 Å². The topological polar surface area (TPSA) is 17.1 Å². The second-order valence-corrected chi connectivity index (χ2v) is 4.87. The molecule has 2 rings (SSSR count). The Bertz CT molecular complexity index is 596. The Kier molecular flexibility index (Phi) is 3.77. The number of Topliss-reactive ketones (excluding diaryl/α,β-unsaturated/α-hetero) is 1. The molecule has 0 radical (unpaired) electrons. The summed E-state index contributed by atoms with van der Waals surface area (Å²) in [5.41, 5.74) is 0.310. The molecule has 0 unspecified atom stereocenters. The number of carbonyl (C=O) groups excluding carboxylic acids is 1. The molecule has 0 aliphatic heterocycles. The molecule has 2 aromatic carbocycles. The van der Waals surface area contributed by atoms with Crippen LogP contribution in [0.3, 0.4) is 0 Å². The van der Waals surface area contributed by atoms with Crippen molar-refractivity contribution >= 4 is 17.5 Å². The SMILES string of the molecule is CC(=O)c1cc(F)ccc1Sc1cccc(F)c1. The molecule has 0 aliphatic carbocycles. The summed E-state index contributed by atoms with van der Waals surface area (Å²) in [6, 6.07) is 10.1. The molecule has 1 nitrogen and oxygen atoms in total. The summed E-state index contributed by atoms with van der Waals surface area (Å²) < 4.78 is 26.1. The summed E-state index contributed by atoms with van der Waals surface area (Å²) in [6.45, 7) is 1.38. The number of hydrogen-bond acceptors (Lipinski definition) is 2. The van der Waals surface area contributed by atoms with Crippen LogP contribution in [0.25, 0.3) is 0 Å². The largest absolute Gasteiger partial charge is 0.294 e. The molecule has 4 heteroatoms. The second kappa shape index (κ2) is 5.31. The zero-order valence-electron chi connectivity index (χ0n) is 9.61. The van der Waals surface area contributed by atoms with Crippen molar-refractivity contribution in [3.05, 3.63) is 59.7 Å². The number of rotatable bonds is 3. The van der Waals surface area contributed by atoms with Crippen molar-refractivity contribution < 1.29 is 13.6 Å². The van der Waals surface area contributed by atoms with Gasteiger partial charge in [0.15, 0.2) is 5.78 Å². The van der Waals surface area contributed by atoms with Crippen LogP contribution in [0.15, 0.2) is 52.3 Å². The van der Waals surface area contributed by atoms with Crippen LogP contribution in [0, 0.1) is 11.6 Å². The Morgan fingerprint density at radius 1 is 1.06 bits per heavy atom. The molecule has 18 heavy (non-hydrogen) atoms. The molecule has 0 bridgehead atoms. The maximum atomic E-state index is 13.1. The van der Waals surface area contributed by atoms with Crippen molar-refractivity contribution in [3.63, 3.8) is 0 Å². The zero-order valence-corrected chi connectivity index (χ0v) is 10.4. The van der Waals surface area contributed by atoms with E-state index >= 15 is 0 Å². The third-order valence-corrected chi connectivity index (χ3v) is 3.41. The molecule has 0 fully saturated rings. The van der Waals surface area contributed by atoms with E-state index in [2.05, 4.69) is 0 Å². The van der Waals surface area contributed by atoms with E-state index < -0.39 is 5.82 Å². The lowest BCUT2D eigenvalue weighted by molar-refractivity contribution is 0.101. The molecule has 2 aromatic rings. The lowest BCUT2D eigenvalue weighted by Crippen LogP contribution is -1.96. The Balaban J connectivity index is 2.37. The minimum atomic E-state index is -0.455. The standard InChI is InChI=1S/C14H10F2OS/c1-9(17)13-8-11(16)5-6-14(13)18-12-4-2-3-10(15)7-12/h2-8H,1H3. The molecule has 0 N–H and O–H groups in total. The van der Waals surface area contributed by atoms with Crippen molar-refractivity contribution in [1.29, 1.82) is 0 Å². The van der Waals surface area contributed by atoms with Gasteiger partial charge in [-0.05, 0) is 43.3 Å². The maximum Gasteiger partial charge on any atom is 0.161 e. The third-order valence-electron chi connectivity index (χ3n) is 2.34. The van der Waals surface area contributed by atoms with Gasteiger partial charge in [-0.25, -0.2) is 8.78 Å². The van der Waals surface area contributed by atoms with Crippen LogP contribution in [0.5, 0.6) is 0 Å². The monoisotopic (exact) mass is 264 g/mol. The molecule has 0 spiro atoms. The van der Waals surface area contributed by atoms with Crippen LogP contribution in [-0.4, -0.2) is 5.78 Å². The van der Waals surface area contributed by atoms with E-state index in [1.165, 1.54) is 49.0 Å². The average Bonchev–Trinajstić information content (AvgIpc) is 2.31. The first-order chi connectivity index (χ1) is 8.56. The normalized spacial score (nSPS) is 10.4. The highest BCUT2D eigenvalue weighted by atomic mass is 32.2. The Labute approximate surface area is 108 Å². The van der Waals surface area contributed by atoms with Gasteiger partial charge in [0.1, 0.15) is 11.6 Å². The van der Waals surface area contributed by atoms with Crippen LogP contribution < -0.4 is 0 Å². The van der Waals surface area contributed by atoms with Crippen LogP contribution >= 0.6 is 11.8 Å². The molecule has 0 amide bonds. The molecule has 92 valence electrons. The molecule has 0 saturated carbocycles. The first-order valence-electron chi connectivity index (χ1n) is 5.30. The summed E-state index contributed by atoms with van der Waals surface area (Å²) >= 11 is 1.24. The van der Waals surface area contributed by atoms with Gasteiger partial charge < -0.3 is 0 Å². The Morgan fingerprint density at radius 2 is 1.78 bits per heavy atom. The van der Waals surface area contributed by atoms with Crippen LogP contribution in [0.2, 0.25) is 0 Å². The number of benzene rings is 2. The summed E-state index contributed by atoms with van der Waals surface area (Å²) in [5, 5.41) is 0. The van der Waals surface area contributed by atoms with Gasteiger partial charge in [-0.3, -0.25) is 4.79 Å². The second-order valence-electron chi connectivity index (χ2n) is 3.76. The minimum absolute atomic E-state index is 0.214. The van der Waals surface area contributed by atoms with E-state index in [4.69, 9.17) is 0 Å². The van der Waals surface area contributed by atoms with Gasteiger partial charge in [-0.15, -0.1) is 0 Å². The first kappa shape index (κ1) is 12.8. The zero-order chi connectivity index (χ0) is 13.1. The van der Waals surface area contributed by atoms with Gasteiger partial charge in [0.05, 0.1) is 0 Å².